The van der Waals surface area contributed by atoms with E-state index in [1.165, 1.54) is 12.4 Å². The third-order valence-corrected chi connectivity index (χ3v) is 15.3. The molecule has 13 rings (SSSR count). The van der Waals surface area contributed by atoms with Crippen molar-refractivity contribution in [2.45, 2.75) is 93.8 Å². The second kappa shape index (κ2) is 20.9. The number of carbonyl (C=O) groups is 2. The Hall–Kier alpha value is -7.92. The van der Waals surface area contributed by atoms with Crippen LogP contribution < -0.4 is 20.9 Å². The number of hydrogen-bond acceptors (Lipinski definition) is 14. The lowest BCUT2D eigenvalue weighted by Gasteiger charge is -2.21. The van der Waals surface area contributed by atoms with Crippen LogP contribution in [0.4, 0.5) is 20.4 Å². The third kappa shape index (κ3) is 9.37. The molecule has 398 valence electrons. The molecule has 0 bridgehead atoms. The number of amides is 2. The summed E-state index contributed by atoms with van der Waals surface area (Å²) in [5.41, 5.74) is 6.70. The number of carbonyl (C=O) groups excluding carboxylic acids is 2. The van der Waals surface area contributed by atoms with Crippen molar-refractivity contribution in [3.05, 3.63) is 121 Å². The average molecular weight is 1050 g/mol. The SMILES string of the molecule is CN(Cc1ccccc1)c1cc(-c2cn([C@H]3CCC[C@H]3F)c3ncccc23)nc2c(C(=O)N[C@H]3COC[C@H]3O)cnn12.CNc1cc(-c2cn([C@H]3CCC[C@H]3F)c3ncccc23)nc2c(C(=O)N[C@H]3COC[C@H]3O)cnn12. The van der Waals surface area contributed by atoms with Gasteiger partial charge in [0, 0.05) is 79.5 Å². The quantitative estimate of drug-likeness (QED) is 0.0909. The smallest absolute Gasteiger partial charge is 0.257 e. The molecule has 8 aromatic heterocycles. The summed E-state index contributed by atoms with van der Waals surface area (Å²) >= 11 is 0. The van der Waals surface area contributed by atoms with E-state index in [9.17, 15) is 28.6 Å². The van der Waals surface area contributed by atoms with E-state index in [0.717, 1.165) is 59.0 Å². The van der Waals surface area contributed by atoms with Gasteiger partial charge in [-0.3, -0.25) is 9.59 Å². The van der Waals surface area contributed by atoms with Crippen LogP contribution >= 0.6 is 0 Å². The number of aliphatic hydroxyl groups is 2. The number of anilines is 2. The van der Waals surface area contributed by atoms with Crippen LogP contribution in [-0.2, 0) is 16.0 Å². The van der Waals surface area contributed by atoms with E-state index in [1.807, 2.05) is 83.2 Å². The van der Waals surface area contributed by atoms with Crippen LogP contribution in [-0.4, -0.2) is 147 Å². The van der Waals surface area contributed by atoms with Crippen LogP contribution in [0.25, 0.3) is 55.9 Å². The van der Waals surface area contributed by atoms with Crippen molar-refractivity contribution < 1.29 is 38.1 Å². The van der Waals surface area contributed by atoms with E-state index in [0.29, 0.717) is 59.2 Å². The molecule has 0 radical (unpaired) electrons. The maximum absolute atomic E-state index is 14.9. The Labute approximate surface area is 440 Å². The Kier molecular flexibility index (Phi) is 13.5. The van der Waals surface area contributed by atoms with Gasteiger partial charge in [0.25, 0.3) is 11.8 Å². The highest BCUT2D eigenvalue weighted by molar-refractivity contribution is 6.02. The zero-order chi connectivity index (χ0) is 52.9. The summed E-state index contributed by atoms with van der Waals surface area (Å²) in [5.74, 6) is 0.589. The minimum absolute atomic E-state index is 0.176. The predicted molar refractivity (Wildman–Crippen MR) is 283 cm³/mol. The topological polar surface area (TPSA) is 228 Å². The molecular formula is C55H58F2N14O6. The summed E-state index contributed by atoms with van der Waals surface area (Å²) < 4.78 is 47.3. The zero-order valence-electron chi connectivity index (χ0n) is 42.4. The molecule has 2 saturated carbocycles. The van der Waals surface area contributed by atoms with Gasteiger partial charge in [-0.25, -0.2) is 28.7 Å². The summed E-state index contributed by atoms with van der Waals surface area (Å²) in [7, 11) is 3.74. The standard InChI is InChI=1S/C31H32FN7O3.C24H26FN7O3/c1-37(15-19-7-3-2-4-8-19)28-13-24(22-16-38(26-11-5-10-23(26)32)29-20(22)9-6-12-33-29)35-30-21(14-34-39(28)30)31(41)36-25-17-42-18-27(25)40;1-26-21-8-17(15-10-31(19-6-2-5-16(19)25)22-13(15)4-3-7-27-22)29-23-14(9-28-32(21)23)24(34)30-18-11-35-12-20(18)33/h2-4,6-9,12-14,16,23,25-27,40H,5,10-11,15,17-18H2,1H3,(H,36,41);3-4,7-10,16,18-20,26,33H,2,5-6,11-12H2,1H3,(H,30,34)/t23-,25+,26+,27-;16-,18+,19+,20-/m11/s1. The highest BCUT2D eigenvalue weighted by Gasteiger charge is 2.34. The van der Waals surface area contributed by atoms with Crippen molar-refractivity contribution in [1.82, 2.24) is 58.9 Å². The first-order valence-corrected chi connectivity index (χ1v) is 26.1. The maximum Gasteiger partial charge on any atom is 0.257 e. The number of halogens is 2. The van der Waals surface area contributed by atoms with E-state index in [-0.39, 0.29) is 49.6 Å². The molecule has 5 N–H and O–H groups in total. The molecule has 4 fully saturated rings. The fraction of sp³-hybridized carbons (Fsp3) is 0.382. The number of ether oxygens (including phenoxy) is 2. The molecule has 9 aromatic rings. The highest BCUT2D eigenvalue weighted by Crippen LogP contribution is 2.41. The van der Waals surface area contributed by atoms with Gasteiger partial charge in [-0.15, -0.1) is 0 Å². The molecule has 2 amide bonds. The molecular weight excluding hydrogens is 991 g/mol. The van der Waals surface area contributed by atoms with E-state index in [4.69, 9.17) is 19.4 Å². The second-order valence-electron chi connectivity index (χ2n) is 20.3. The molecule has 8 atom stereocenters. The monoisotopic (exact) mass is 1050 g/mol. The fourth-order valence-corrected chi connectivity index (χ4v) is 11.2. The van der Waals surface area contributed by atoms with Crippen molar-refractivity contribution in [2.75, 3.05) is 50.7 Å². The number of aromatic nitrogens is 10. The fourth-order valence-electron chi connectivity index (χ4n) is 11.2. The van der Waals surface area contributed by atoms with E-state index >= 15 is 0 Å². The summed E-state index contributed by atoms with van der Waals surface area (Å²) in [4.78, 5) is 47.5. The Morgan fingerprint density at radius 1 is 0.675 bits per heavy atom. The first-order valence-electron chi connectivity index (χ1n) is 26.1. The van der Waals surface area contributed by atoms with Crippen molar-refractivity contribution in [1.29, 1.82) is 0 Å². The number of benzene rings is 1. The molecule has 10 heterocycles. The molecule has 22 heteroatoms. The first kappa shape index (κ1) is 49.9. The lowest BCUT2D eigenvalue weighted by molar-refractivity contribution is 0.0882. The lowest BCUT2D eigenvalue weighted by atomic mass is 10.1. The number of alkyl halides is 2. The Morgan fingerprint density at radius 2 is 1.19 bits per heavy atom. The number of rotatable bonds is 12. The van der Waals surface area contributed by atoms with Gasteiger partial charge in [0.1, 0.15) is 46.4 Å². The van der Waals surface area contributed by atoms with Crippen molar-refractivity contribution in [2.24, 2.45) is 0 Å². The maximum atomic E-state index is 14.9. The minimum atomic E-state index is -0.932. The van der Waals surface area contributed by atoms with Gasteiger partial charge < -0.3 is 49.7 Å². The van der Waals surface area contributed by atoms with E-state index in [2.05, 4.69) is 53.1 Å². The van der Waals surface area contributed by atoms with Crippen LogP contribution in [0.15, 0.2) is 104 Å². The van der Waals surface area contributed by atoms with Crippen LogP contribution in [0.2, 0.25) is 0 Å². The van der Waals surface area contributed by atoms with E-state index in [1.54, 1.807) is 28.5 Å². The summed E-state index contributed by atoms with van der Waals surface area (Å²) in [6.45, 7) is 1.44. The number of pyridine rings is 2. The van der Waals surface area contributed by atoms with Crippen LogP contribution in [0.1, 0.15) is 76.9 Å². The van der Waals surface area contributed by atoms with Gasteiger partial charge in [0.15, 0.2) is 11.3 Å². The molecule has 2 saturated heterocycles. The number of fused-ring (bicyclic) bond motifs is 4. The van der Waals surface area contributed by atoms with Crippen molar-refractivity contribution in [3.8, 4) is 22.5 Å². The van der Waals surface area contributed by atoms with Gasteiger partial charge in [-0.05, 0) is 68.4 Å². The molecule has 77 heavy (non-hydrogen) atoms. The van der Waals surface area contributed by atoms with Crippen LogP contribution in [0, 0.1) is 0 Å². The average Bonchev–Trinajstić information content (AvgIpc) is 4.33. The predicted octanol–water partition coefficient (Wildman–Crippen LogP) is 6.28. The molecule has 0 spiro atoms. The molecule has 2 aliphatic heterocycles. The summed E-state index contributed by atoms with van der Waals surface area (Å²) in [6, 6.07) is 20.0. The summed E-state index contributed by atoms with van der Waals surface area (Å²) in [5, 5.41) is 39.6. The Balaban J connectivity index is 0.000000157. The highest BCUT2D eigenvalue weighted by atomic mass is 19.1. The van der Waals surface area contributed by atoms with Crippen LogP contribution in [0.3, 0.4) is 0 Å². The molecule has 0 unspecified atom stereocenters. The molecule has 2 aliphatic carbocycles. The van der Waals surface area contributed by atoms with Gasteiger partial charge in [0.2, 0.25) is 0 Å². The zero-order valence-corrected chi connectivity index (χ0v) is 42.4. The Morgan fingerprint density at radius 3 is 1.69 bits per heavy atom. The summed E-state index contributed by atoms with van der Waals surface area (Å²) in [6.07, 6.45) is 11.2. The second-order valence-corrected chi connectivity index (χ2v) is 20.3. The van der Waals surface area contributed by atoms with Crippen molar-refractivity contribution in [3.63, 3.8) is 0 Å². The van der Waals surface area contributed by atoms with Crippen molar-refractivity contribution >= 4 is 56.8 Å². The van der Waals surface area contributed by atoms with Gasteiger partial charge in [0.05, 0.1) is 86.6 Å². The first-order chi connectivity index (χ1) is 37.5. The van der Waals surface area contributed by atoms with Gasteiger partial charge in [-0.2, -0.15) is 19.2 Å². The van der Waals surface area contributed by atoms with Crippen LogP contribution in [0.5, 0.6) is 0 Å². The van der Waals surface area contributed by atoms with Gasteiger partial charge >= 0.3 is 0 Å². The molecule has 20 nitrogen and oxygen atoms in total. The lowest BCUT2D eigenvalue weighted by Crippen LogP contribution is -2.42. The normalized spacial score (nSPS) is 23.2. The number of aliphatic hydroxyl groups excluding tert-OH is 2. The molecule has 1 aromatic carbocycles. The number of nitrogens with zero attached hydrogens (tertiary/aromatic N) is 11. The molecule has 4 aliphatic rings. The minimum Gasteiger partial charge on any atom is -0.388 e. The van der Waals surface area contributed by atoms with E-state index < -0.39 is 48.4 Å². The Bertz CT molecular complexity index is 3640. The van der Waals surface area contributed by atoms with Gasteiger partial charge in [-0.1, -0.05) is 30.3 Å². The largest absolute Gasteiger partial charge is 0.388 e. The number of nitrogens with one attached hydrogen (secondary N) is 3. The number of hydrogen-bond donors (Lipinski definition) is 5. The third-order valence-electron chi connectivity index (χ3n) is 15.3.